The molecule has 0 saturated carbocycles. The molecule has 6 nitrogen and oxygen atoms in total. The predicted octanol–water partition coefficient (Wildman–Crippen LogP) is 1.57. The molecule has 2 N–H and O–H groups in total. The third-order valence-corrected chi connectivity index (χ3v) is 6.45. The third kappa shape index (κ3) is 4.64. The summed E-state index contributed by atoms with van der Waals surface area (Å²) in [6.45, 7) is 5.32. The Labute approximate surface area is 160 Å². The molecule has 7 heteroatoms. The van der Waals surface area contributed by atoms with E-state index in [-0.39, 0.29) is 5.54 Å². The fourth-order valence-electron chi connectivity index (χ4n) is 3.63. The zero-order valence-electron chi connectivity index (χ0n) is 15.8. The van der Waals surface area contributed by atoms with Crippen LogP contribution in [0.4, 0.5) is 0 Å². The van der Waals surface area contributed by atoms with Crippen molar-refractivity contribution in [2.75, 3.05) is 58.5 Å². The number of hydrogen-bond donors (Lipinski definition) is 2. The Kier molecular flexibility index (Phi) is 7.05. The lowest BCUT2D eigenvalue weighted by Crippen LogP contribution is -2.60. The number of nitrogens with one attached hydrogen (secondary N) is 2. The number of rotatable bonds is 6. The summed E-state index contributed by atoms with van der Waals surface area (Å²) in [6, 6.07) is 8.07. The number of benzene rings is 1. The molecule has 0 aromatic heterocycles. The molecule has 26 heavy (non-hydrogen) atoms. The Morgan fingerprint density at radius 3 is 2.81 bits per heavy atom. The fraction of sp³-hybridized carbons (Fsp3) is 0.632. The van der Waals surface area contributed by atoms with Gasteiger partial charge in [-0.2, -0.15) is 11.8 Å². The van der Waals surface area contributed by atoms with Crippen molar-refractivity contribution in [2.45, 2.75) is 18.5 Å². The van der Waals surface area contributed by atoms with E-state index in [0.29, 0.717) is 6.54 Å². The molecule has 0 radical (unpaired) electrons. The number of guanidine groups is 1. The molecule has 2 aliphatic heterocycles. The number of ether oxygens (including phenoxy) is 2. The summed E-state index contributed by atoms with van der Waals surface area (Å²) >= 11 is 2.05. The van der Waals surface area contributed by atoms with Gasteiger partial charge in [0, 0.05) is 50.1 Å². The molecule has 2 fully saturated rings. The van der Waals surface area contributed by atoms with Crippen LogP contribution >= 0.6 is 11.8 Å². The second-order valence-electron chi connectivity index (χ2n) is 6.72. The Morgan fingerprint density at radius 2 is 2.12 bits per heavy atom. The average molecular weight is 379 g/mol. The van der Waals surface area contributed by atoms with Crippen molar-refractivity contribution in [1.29, 1.82) is 0 Å². The third-order valence-electron chi connectivity index (χ3n) is 5.21. The molecule has 0 spiro atoms. The minimum Gasteiger partial charge on any atom is -0.496 e. The molecule has 2 heterocycles. The molecule has 2 saturated heterocycles. The number of methoxy groups -OCH3 is 1. The number of thioether (sulfide) groups is 1. The van der Waals surface area contributed by atoms with Crippen LogP contribution in [0.25, 0.3) is 0 Å². The lowest BCUT2D eigenvalue weighted by Gasteiger charge is -2.43. The van der Waals surface area contributed by atoms with Gasteiger partial charge in [0.25, 0.3) is 0 Å². The van der Waals surface area contributed by atoms with Crippen molar-refractivity contribution in [2.24, 2.45) is 4.99 Å². The van der Waals surface area contributed by atoms with Crippen LogP contribution in [0.5, 0.6) is 5.75 Å². The highest BCUT2D eigenvalue weighted by atomic mass is 32.2. The molecule has 1 atom stereocenters. The van der Waals surface area contributed by atoms with Crippen LogP contribution in [-0.2, 0) is 11.3 Å². The first-order valence-electron chi connectivity index (χ1n) is 9.24. The predicted molar refractivity (Wildman–Crippen MR) is 108 cm³/mol. The summed E-state index contributed by atoms with van der Waals surface area (Å²) in [7, 11) is 3.53. The van der Waals surface area contributed by atoms with E-state index < -0.39 is 0 Å². The standard InChI is InChI=1S/C19H30N4O2S/c1-20-18(21-13-16-5-3-4-6-17(16)24-2)22-14-19(7-12-26-15-19)23-8-10-25-11-9-23/h3-6H,7-15H2,1-2H3,(H2,20,21,22). The van der Waals surface area contributed by atoms with Crippen LogP contribution in [0.2, 0.25) is 0 Å². The zero-order chi connectivity index (χ0) is 18.2. The van der Waals surface area contributed by atoms with Crippen LogP contribution in [0.3, 0.4) is 0 Å². The second-order valence-corrected chi connectivity index (χ2v) is 7.82. The number of hydrogen-bond acceptors (Lipinski definition) is 5. The first kappa shape index (κ1) is 19.3. The highest BCUT2D eigenvalue weighted by molar-refractivity contribution is 7.99. The lowest BCUT2D eigenvalue weighted by atomic mass is 9.95. The maximum Gasteiger partial charge on any atom is 0.191 e. The second kappa shape index (κ2) is 9.48. The molecule has 1 unspecified atom stereocenters. The topological polar surface area (TPSA) is 58.1 Å². The van der Waals surface area contributed by atoms with Gasteiger partial charge in [-0.25, -0.2) is 0 Å². The van der Waals surface area contributed by atoms with Gasteiger partial charge in [-0.05, 0) is 18.2 Å². The highest BCUT2D eigenvalue weighted by Crippen LogP contribution is 2.33. The van der Waals surface area contributed by atoms with E-state index >= 15 is 0 Å². The van der Waals surface area contributed by atoms with Gasteiger partial charge >= 0.3 is 0 Å². The zero-order valence-corrected chi connectivity index (χ0v) is 16.6. The number of morpholine rings is 1. The van der Waals surface area contributed by atoms with E-state index in [0.717, 1.165) is 50.1 Å². The molecule has 0 aliphatic carbocycles. The molecule has 144 valence electrons. The van der Waals surface area contributed by atoms with Gasteiger partial charge in [0.05, 0.1) is 20.3 Å². The summed E-state index contributed by atoms with van der Waals surface area (Å²) in [6.07, 6.45) is 1.22. The molecule has 3 rings (SSSR count). The Hall–Kier alpha value is -1.44. The molecule has 1 aromatic carbocycles. The van der Waals surface area contributed by atoms with Crippen molar-refractivity contribution in [3.63, 3.8) is 0 Å². The monoisotopic (exact) mass is 378 g/mol. The van der Waals surface area contributed by atoms with E-state index in [2.05, 4.69) is 26.6 Å². The molecule has 0 bridgehead atoms. The average Bonchev–Trinajstić information content (AvgIpc) is 3.19. The van der Waals surface area contributed by atoms with E-state index in [1.807, 2.05) is 37.0 Å². The Morgan fingerprint density at radius 1 is 1.31 bits per heavy atom. The first-order valence-corrected chi connectivity index (χ1v) is 10.4. The fourth-order valence-corrected chi connectivity index (χ4v) is 5.11. The van der Waals surface area contributed by atoms with E-state index in [1.54, 1.807) is 7.11 Å². The summed E-state index contributed by atoms with van der Waals surface area (Å²) in [5, 5.41) is 6.97. The van der Waals surface area contributed by atoms with Gasteiger partial charge in [-0.15, -0.1) is 0 Å². The maximum atomic E-state index is 5.54. The molecular formula is C19H30N4O2S. The maximum absolute atomic E-state index is 5.54. The lowest BCUT2D eigenvalue weighted by molar-refractivity contribution is -0.0120. The van der Waals surface area contributed by atoms with Crippen molar-refractivity contribution in [3.05, 3.63) is 29.8 Å². The minimum absolute atomic E-state index is 0.205. The van der Waals surface area contributed by atoms with Crippen molar-refractivity contribution >= 4 is 17.7 Å². The van der Waals surface area contributed by atoms with Gasteiger partial charge in [-0.1, -0.05) is 18.2 Å². The van der Waals surface area contributed by atoms with Gasteiger partial charge < -0.3 is 20.1 Å². The van der Waals surface area contributed by atoms with Crippen LogP contribution in [0.15, 0.2) is 29.3 Å². The number of nitrogens with zero attached hydrogens (tertiary/aromatic N) is 2. The minimum atomic E-state index is 0.205. The Bertz CT molecular complexity index is 599. The summed E-state index contributed by atoms with van der Waals surface area (Å²) < 4.78 is 11.0. The number of para-hydroxylation sites is 1. The van der Waals surface area contributed by atoms with E-state index in [1.165, 1.54) is 17.9 Å². The quantitative estimate of drug-likeness (QED) is 0.579. The highest BCUT2D eigenvalue weighted by Gasteiger charge is 2.40. The largest absolute Gasteiger partial charge is 0.496 e. The first-order chi connectivity index (χ1) is 12.8. The summed E-state index contributed by atoms with van der Waals surface area (Å²) in [5.74, 6) is 4.13. The molecular weight excluding hydrogens is 348 g/mol. The van der Waals surface area contributed by atoms with Gasteiger partial charge in [0.15, 0.2) is 5.96 Å². The van der Waals surface area contributed by atoms with Gasteiger partial charge in [-0.3, -0.25) is 9.89 Å². The molecule has 1 aromatic rings. The van der Waals surface area contributed by atoms with Crippen molar-refractivity contribution in [3.8, 4) is 5.75 Å². The molecule has 0 amide bonds. The summed E-state index contributed by atoms with van der Waals surface area (Å²) in [4.78, 5) is 7.01. The normalized spacial score (nSPS) is 24.5. The van der Waals surface area contributed by atoms with Crippen LogP contribution in [-0.4, -0.2) is 74.9 Å². The summed E-state index contributed by atoms with van der Waals surface area (Å²) in [5.41, 5.74) is 1.33. The van der Waals surface area contributed by atoms with Crippen molar-refractivity contribution in [1.82, 2.24) is 15.5 Å². The Balaban J connectivity index is 1.57. The number of aliphatic imine (C=N–C) groups is 1. The molecule has 2 aliphatic rings. The van der Waals surface area contributed by atoms with Crippen LogP contribution in [0, 0.1) is 0 Å². The van der Waals surface area contributed by atoms with Crippen LogP contribution < -0.4 is 15.4 Å². The van der Waals surface area contributed by atoms with Crippen molar-refractivity contribution < 1.29 is 9.47 Å². The van der Waals surface area contributed by atoms with E-state index in [9.17, 15) is 0 Å². The van der Waals surface area contributed by atoms with Crippen LogP contribution in [0.1, 0.15) is 12.0 Å². The van der Waals surface area contributed by atoms with Gasteiger partial charge in [0.2, 0.25) is 0 Å². The SMILES string of the molecule is CN=C(NCc1ccccc1OC)NCC1(N2CCOCC2)CCSC1. The smallest absolute Gasteiger partial charge is 0.191 e. The van der Waals surface area contributed by atoms with E-state index in [4.69, 9.17) is 9.47 Å². The van der Waals surface area contributed by atoms with Gasteiger partial charge in [0.1, 0.15) is 5.75 Å².